The van der Waals surface area contributed by atoms with Crippen molar-refractivity contribution < 1.29 is 13.6 Å². The van der Waals surface area contributed by atoms with Gasteiger partial charge in [-0.15, -0.1) is 0 Å². The summed E-state index contributed by atoms with van der Waals surface area (Å²) in [6.07, 6.45) is 0.417. The van der Waals surface area contributed by atoms with Crippen molar-refractivity contribution in [3.05, 3.63) is 71.3 Å². The summed E-state index contributed by atoms with van der Waals surface area (Å²) in [5.41, 5.74) is 1.39. The fraction of sp³-hybridized carbons (Fsp3) is 0.381. The molecule has 0 fully saturated rings. The van der Waals surface area contributed by atoms with Gasteiger partial charge in [0.05, 0.1) is 5.92 Å². The van der Waals surface area contributed by atoms with Crippen LogP contribution in [0.15, 0.2) is 48.5 Å². The molecule has 2 aromatic rings. The predicted molar refractivity (Wildman–Crippen MR) is 100 cm³/mol. The minimum atomic E-state index is -0.473. The van der Waals surface area contributed by atoms with Gasteiger partial charge in [-0.2, -0.15) is 0 Å². The van der Waals surface area contributed by atoms with Crippen LogP contribution in [-0.2, 0) is 11.2 Å². The number of carbonyl (C=O) groups is 1. The van der Waals surface area contributed by atoms with E-state index in [2.05, 4.69) is 5.32 Å². The molecular weight excluding hydrogens is 334 g/mol. The molecular formula is C21H26F2N2O. The van der Waals surface area contributed by atoms with Crippen LogP contribution >= 0.6 is 0 Å². The first kappa shape index (κ1) is 20.0. The van der Waals surface area contributed by atoms with Crippen molar-refractivity contribution in [3.8, 4) is 0 Å². The van der Waals surface area contributed by atoms with Crippen molar-refractivity contribution in [2.75, 3.05) is 20.6 Å². The van der Waals surface area contributed by atoms with Crippen LogP contribution in [0.1, 0.15) is 30.9 Å². The third-order valence-electron chi connectivity index (χ3n) is 4.85. The first-order chi connectivity index (χ1) is 12.2. The molecule has 0 heterocycles. The first-order valence-corrected chi connectivity index (χ1v) is 8.64. The molecule has 1 N–H and O–H groups in total. The number of amides is 1. The smallest absolute Gasteiger partial charge is 0.227 e. The van der Waals surface area contributed by atoms with E-state index in [0.29, 0.717) is 13.0 Å². The van der Waals surface area contributed by atoms with Gasteiger partial charge >= 0.3 is 0 Å². The largest absolute Gasteiger partial charge is 0.354 e. The Labute approximate surface area is 154 Å². The normalized spacial score (nSPS) is 12.9. The van der Waals surface area contributed by atoms with Crippen LogP contribution in [0.2, 0.25) is 0 Å². The molecule has 3 nitrogen and oxygen atoms in total. The highest BCUT2D eigenvalue weighted by Crippen LogP contribution is 2.22. The van der Waals surface area contributed by atoms with Crippen LogP contribution < -0.4 is 5.32 Å². The van der Waals surface area contributed by atoms with Crippen molar-refractivity contribution in [2.45, 2.75) is 31.7 Å². The minimum absolute atomic E-state index is 0.129. The van der Waals surface area contributed by atoms with Crippen molar-refractivity contribution >= 4 is 5.91 Å². The van der Waals surface area contributed by atoms with Crippen molar-refractivity contribution in [2.24, 2.45) is 0 Å². The summed E-state index contributed by atoms with van der Waals surface area (Å²) >= 11 is 0. The van der Waals surface area contributed by atoms with E-state index in [9.17, 15) is 13.6 Å². The Kier molecular flexibility index (Phi) is 6.48. The van der Waals surface area contributed by atoms with Gasteiger partial charge in [0.1, 0.15) is 11.6 Å². The molecule has 5 heteroatoms. The van der Waals surface area contributed by atoms with Gasteiger partial charge in [-0.05, 0) is 69.8 Å². The Morgan fingerprint density at radius 1 is 1.00 bits per heavy atom. The Morgan fingerprint density at radius 2 is 1.50 bits per heavy atom. The van der Waals surface area contributed by atoms with E-state index in [1.807, 2.05) is 32.8 Å². The summed E-state index contributed by atoms with van der Waals surface area (Å²) in [6.45, 7) is 4.57. The summed E-state index contributed by atoms with van der Waals surface area (Å²) in [5.74, 6) is -1.26. The second-order valence-corrected chi connectivity index (χ2v) is 7.36. The van der Waals surface area contributed by atoms with Crippen LogP contribution in [0.25, 0.3) is 0 Å². The van der Waals surface area contributed by atoms with Crippen LogP contribution in [0.4, 0.5) is 8.78 Å². The van der Waals surface area contributed by atoms with Gasteiger partial charge in [-0.3, -0.25) is 4.79 Å². The summed E-state index contributed by atoms with van der Waals surface area (Å²) in [7, 11) is 3.92. The minimum Gasteiger partial charge on any atom is -0.354 e. The molecule has 0 aliphatic carbocycles. The Bertz CT molecular complexity index is 725. The molecule has 0 spiro atoms. The van der Waals surface area contributed by atoms with E-state index >= 15 is 0 Å². The van der Waals surface area contributed by atoms with Crippen LogP contribution in [-0.4, -0.2) is 37.0 Å². The lowest BCUT2D eigenvalue weighted by atomic mass is 9.90. The maximum atomic E-state index is 13.3. The highest BCUT2D eigenvalue weighted by Gasteiger charge is 2.25. The molecule has 0 aliphatic heterocycles. The topological polar surface area (TPSA) is 32.3 Å². The summed E-state index contributed by atoms with van der Waals surface area (Å²) in [6, 6.07) is 12.1. The number of halogens is 2. The van der Waals surface area contributed by atoms with Gasteiger partial charge < -0.3 is 10.2 Å². The molecule has 0 aliphatic rings. The molecule has 1 unspecified atom stereocenters. The van der Waals surface area contributed by atoms with E-state index in [1.165, 1.54) is 24.3 Å². The molecule has 2 aromatic carbocycles. The molecule has 1 amide bonds. The average Bonchev–Trinajstić information content (AvgIpc) is 2.60. The maximum Gasteiger partial charge on any atom is 0.227 e. The standard InChI is InChI=1S/C21H26F2N2O/c1-21(2,25(3)4)14-24-20(26)19(16-7-11-18(23)12-8-16)13-15-5-9-17(22)10-6-15/h5-12,19H,13-14H2,1-4H3,(H,24,26). The zero-order chi connectivity index (χ0) is 19.3. The van der Waals surface area contributed by atoms with Crippen molar-refractivity contribution in [1.82, 2.24) is 10.2 Å². The molecule has 0 radical (unpaired) electrons. The molecule has 0 saturated carbocycles. The Morgan fingerprint density at radius 3 is 2.00 bits per heavy atom. The zero-order valence-electron chi connectivity index (χ0n) is 15.7. The second-order valence-electron chi connectivity index (χ2n) is 7.36. The third kappa shape index (κ3) is 5.36. The van der Waals surface area contributed by atoms with Gasteiger partial charge in [0.2, 0.25) is 5.91 Å². The lowest BCUT2D eigenvalue weighted by molar-refractivity contribution is -0.123. The van der Waals surface area contributed by atoms with Crippen LogP contribution in [0, 0.1) is 11.6 Å². The fourth-order valence-corrected chi connectivity index (χ4v) is 2.50. The van der Waals surface area contributed by atoms with E-state index < -0.39 is 5.92 Å². The van der Waals surface area contributed by atoms with E-state index in [-0.39, 0.29) is 23.1 Å². The highest BCUT2D eigenvalue weighted by molar-refractivity contribution is 5.84. The molecule has 0 aromatic heterocycles. The number of rotatable bonds is 7. The Balaban J connectivity index is 2.20. The van der Waals surface area contributed by atoms with E-state index in [0.717, 1.165) is 11.1 Å². The first-order valence-electron chi connectivity index (χ1n) is 8.64. The van der Waals surface area contributed by atoms with Gasteiger partial charge in [0, 0.05) is 12.1 Å². The number of hydrogen-bond acceptors (Lipinski definition) is 2. The molecule has 2 rings (SSSR count). The van der Waals surface area contributed by atoms with Gasteiger partial charge in [-0.25, -0.2) is 8.78 Å². The molecule has 140 valence electrons. The summed E-state index contributed by atoms with van der Waals surface area (Å²) in [4.78, 5) is 14.9. The molecule has 1 atom stereocenters. The van der Waals surface area contributed by atoms with Crippen molar-refractivity contribution in [1.29, 1.82) is 0 Å². The zero-order valence-corrected chi connectivity index (χ0v) is 15.7. The number of hydrogen-bond donors (Lipinski definition) is 1. The lowest BCUT2D eigenvalue weighted by Gasteiger charge is -2.33. The van der Waals surface area contributed by atoms with Gasteiger partial charge in [-0.1, -0.05) is 24.3 Å². The summed E-state index contributed by atoms with van der Waals surface area (Å²) < 4.78 is 26.4. The number of nitrogens with zero attached hydrogens (tertiary/aromatic N) is 1. The van der Waals surface area contributed by atoms with E-state index in [1.54, 1.807) is 24.3 Å². The predicted octanol–water partition coefficient (Wildman–Crippen LogP) is 3.75. The van der Waals surface area contributed by atoms with Crippen molar-refractivity contribution in [3.63, 3.8) is 0 Å². The Hall–Kier alpha value is -2.27. The van der Waals surface area contributed by atoms with Crippen LogP contribution in [0.3, 0.4) is 0 Å². The lowest BCUT2D eigenvalue weighted by Crippen LogP contribution is -2.49. The SMILES string of the molecule is CN(C)C(C)(C)CNC(=O)C(Cc1ccc(F)cc1)c1ccc(F)cc1. The fourth-order valence-electron chi connectivity index (χ4n) is 2.50. The number of nitrogens with one attached hydrogen (secondary N) is 1. The highest BCUT2D eigenvalue weighted by atomic mass is 19.1. The monoisotopic (exact) mass is 360 g/mol. The second kappa shape index (κ2) is 8.41. The van der Waals surface area contributed by atoms with Crippen LogP contribution in [0.5, 0.6) is 0 Å². The molecule has 26 heavy (non-hydrogen) atoms. The number of carbonyl (C=O) groups excluding carboxylic acids is 1. The van der Waals surface area contributed by atoms with E-state index in [4.69, 9.17) is 0 Å². The quantitative estimate of drug-likeness (QED) is 0.816. The number of benzene rings is 2. The maximum absolute atomic E-state index is 13.3. The average molecular weight is 360 g/mol. The third-order valence-corrected chi connectivity index (χ3v) is 4.85. The molecule has 0 saturated heterocycles. The molecule has 0 bridgehead atoms. The summed E-state index contributed by atoms with van der Waals surface area (Å²) in [5, 5.41) is 3.00. The van der Waals surface area contributed by atoms with Gasteiger partial charge in [0.15, 0.2) is 0 Å². The number of likely N-dealkylation sites (N-methyl/N-ethyl adjacent to an activating group) is 1. The van der Waals surface area contributed by atoms with Gasteiger partial charge in [0.25, 0.3) is 0 Å².